The molecule has 0 aromatic heterocycles. The molecule has 1 aromatic rings. The maximum atomic E-state index is 11.8. The summed E-state index contributed by atoms with van der Waals surface area (Å²) in [6, 6.07) is 9.46. The van der Waals surface area contributed by atoms with Gasteiger partial charge in [-0.3, -0.25) is 4.79 Å². The van der Waals surface area contributed by atoms with Crippen LogP contribution in [0.25, 0.3) is 0 Å². The molecule has 0 radical (unpaired) electrons. The second-order valence-electron chi connectivity index (χ2n) is 3.89. The Morgan fingerprint density at radius 2 is 1.79 bits per heavy atom. The predicted octanol–water partition coefficient (Wildman–Crippen LogP) is 3.37. The number of Topliss-reactive ketones (excluding diaryl/α,β-unsaturated/α-hetero) is 1. The second-order valence-corrected chi connectivity index (χ2v) is 4.64. The van der Waals surface area contributed by atoms with Crippen molar-refractivity contribution in [3.63, 3.8) is 0 Å². The van der Waals surface area contributed by atoms with Crippen molar-refractivity contribution in [3.8, 4) is 0 Å². The lowest BCUT2D eigenvalue weighted by Gasteiger charge is -2.23. The fraction of sp³-hybridized carbons (Fsp3) is 0.417. The van der Waals surface area contributed by atoms with E-state index in [1.807, 2.05) is 44.2 Å². The average molecular weight is 211 g/mol. The lowest BCUT2D eigenvalue weighted by atomic mass is 9.90. The number of carbonyl (C=O) groups excluding carboxylic acids is 1. The molecule has 0 fully saturated rings. The molecule has 0 aliphatic rings. The number of alkyl halides is 1. The highest BCUT2D eigenvalue weighted by Crippen LogP contribution is 2.31. The first-order valence-corrected chi connectivity index (χ1v) is 5.13. The van der Waals surface area contributed by atoms with Crippen molar-refractivity contribution < 1.29 is 4.79 Å². The van der Waals surface area contributed by atoms with E-state index in [1.54, 1.807) is 6.92 Å². The summed E-state index contributed by atoms with van der Waals surface area (Å²) in [6.07, 6.45) is 0. The number of hydrogen-bond donors (Lipinski definition) is 0. The molecule has 1 atom stereocenters. The Bertz CT molecular complexity index is 314. The third-order valence-corrected chi connectivity index (χ3v) is 2.71. The van der Waals surface area contributed by atoms with Gasteiger partial charge in [-0.1, -0.05) is 44.2 Å². The highest BCUT2D eigenvalue weighted by Gasteiger charge is 2.33. The van der Waals surface area contributed by atoms with Gasteiger partial charge < -0.3 is 0 Å². The molecule has 1 nitrogen and oxygen atoms in total. The fourth-order valence-electron chi connectivity index (χ4n) is 1.44. The second kappa shape index (κ2) is 4.14. The topological polar surface area (TPSA) is 17.1 Å². The number of carbonyl (C=O) groups is 1. The van der Waals surface area contributed by atoms with Crippen LogP contribution >= 0.6 is 11.6 Å². The Labute approximate surface area is 90.1 Å². The van der Waals surface area contributed by atoms with Crippen LogP contribution < -0.4 is 0 Å². The number of halogens is 1. The van der Waals surface area contributed by atoms with Crippen molar-refractivity contribution >= 4 is 17.4 Å². The SMILES string of the molecule is CC(C)C(=O)C(C)(Cl)c1ccccc1. The largest absolute Gasteiger partial charge is 0.297 e. The van der Waals surface area contributed by atoms with E-state index in [4.69, 9.17) is 11.6 Å². The summed E-state index contributed by atoms with van der Waals surface area (Å²) in [6.45, 7) is 5.49. The van der Waals surface area contributed by atoms with Crippen LogP contribution in [-0.4, -0.2) is 5.78 Å². The molecule has 2 heteroatoms. The number of rotatable bonds is 3. The van der Waals surface area contributed by atoms with Gasteiger partial charge in [0, 0.05) is 5.92 Å². The van der Waals surface area contributed by atoms with E-state index < -0.39 is 4.87 Å². The first-order valence-electron chi connectivity index (χ1n) is 4.75. The van der Waals surface area contributed by atoms with E-state index in [9.17, 15) is 4.79 Å². The summed E-state index contributed by atoms with van der Waals surface area (Å²) in [7, 11) is 0. The summed E-state index contributed by atoms with van der Waals surface area (Å²) in [5.74, 6) is 0.0167. The van der Waals surface area contributed by atoms with Crippen LogP contribution in [0.15, 0.2) is 30.3 Å². The molecule has 1 aromatic carbocycles. The van der Waals surface area contributed by atoms with Crippen LogP contribution in [-0.2, 0) is 9.67 Å². The molecule has 0 saturated carbocycles. The smallest absolute Gasteiger partial charge is 0.160 e. The fourth-order valence-corrected chi connectivity index (χ4v) is 1.78. The Morgan fingerprint density at radius 1 is 1.29 bits per heavy atom. The molecule has 0 aliphatic heterocycles. The highest BCUT2D eigenvalue weighted by molar-refractivity contribution is 6.35. The minimum Gasteiger partial charge on any atom is -0.297 e. The van der Waals surface area contributed by atoms with E-state index >= 15 is 0 Å². The van der Waals surface area contributed by atoms with Crippen molar-refractivity contribution in [1.29, 1.82) is 0 Å². The minimum atomic E-state index is -0.893. The van der Waals surface area contributed by atoms with Gasteiger partial charge in [0.1, 0.15) is 4.87 Å². The first kappa shape index (κ1) is 11.3. The van der Waals surface area contributed by atoms with E-state index in [2.05, 4.69) is 0 Å². The van der Waals surface area contributed by atoms with Crippen LogP contribution in [0.1, 0.15) is 26.3 Å². The molecule has 0 heterocycles. The normalized spacial score (nSPS) is 15.2. The quantitative estimate of drug-likeness (QED) is 0.700. The van der Waals surface area contributed by atoms with E-state index in [1.165, 1.54) is 0 Å². The Morgan fingerprint density at radius 3 is 2.21 bits per heavy atom. The zero-order valence-corrected chi connectivity index (χ0v) is 9.51. The summed E-state index contributed by atoms with van der Waals surface area (Å²) in [5.41, 5.74) is 0.861. The van der Waals surface area contributed by atoms with Crippen LogP contribution in [0.5, 0.6) is 0 Å². The zero-order chi connectivity index (χ0) is 10.8. The third kappa shape index (κ3) is 2.16. The molecule has 0 bridgehead atoms. The number of hydrogen-bond acceptors (Lipinski definition) is 1. The molecule has 1 rings (SSSR count). The van der Waals surface area contributed by atoms with Crippen LogP contribution in [0.4, 0.5) is 0 Å². The summed E-state index contributed by atoms with van der Waals surface area (Å²) < 4.78 is 0. The number of benzene rings is 1. The molecule has 0 N–H and O–H groups in total. The van der Waals surface area contributed by atoms with Crippen molar-refractivity contribution in [1.82, 2.24) is 0 Å². The molecule has 1 unspecified atom stereocenters. The minimum absolute atomic E-state index is 0.0438. The van der Waals surface area contributed by atoms with Gasteiger partial charge >= 0.3 is 0 Å². The zero-order valence-electron chi connectivity index (χ0n) is 8.75. The maximum absolute atomic E-state index is 11.8. The molecule has 0 saturated heterocycles. The molecule has 14 heavy (non-hydrogen) atoms. The monoisotopic (exact) mass is 210 g/mol. The molecule has 0 amide bonds. The highest BCUT2D eigenvalue weighted by atomic mass is 35.5. The molecule has 76 valence electrons. The van der Waals surface area contributed by atoms with Gasteiger partial charge in [0.05, 0.1) is 0 Å². The summed E-state index contributed by atoms with van der Waals surface area (Å²) in [4.78, 5) is 10.9. The van der Waals surface area contributed by atoms with E-state index in [0.29, 0.717) is 0 Å². The first-order chi connectivity index (χ1) is 6.46. The Hall–Kier alpha value is -0.820. The lowest BCUT2D eigenvalue weighted by molar-refractivity contribution is -0.124. The van der Waals surface area contributed by atoms with Crippen molar-refractivity contribution in [2.75, 3.05) is 0 Å². The maximum Gasteiger partial charge on any atom is 0.160 e. The van der Waals surface area contributed by atoms with E-state index in [-0.39, 0.29) is 11.7 Å². The van der Waals surface area contributed by atoms with Crippen molar-refractivity contribution in [2.24, 2.45) is 5.92 Å². The predicted molar refractivity (Wildman–Crippen MR) is 59.5 cm³/mol. The van der Waals surface area contributed by atoms with Gasteiger partial charge in [0.2, 0.25) is 0 Å². The summed E-state index contributed by atoms with van der Waals surface area (Å²) in [5, 5.41) is 0. The lowest BCUT2D eigenvalue weighted by Crippen LogP contribution is -2.30. The van der Waals surface area contributed by atoms with E-state index in [0.717, 1.165) is 5.56 Å². The average Bonchev–Trinajstić information content (AvgIpc) is 2.18. The van der Waals surface area contributed by atoms with Crippen LogP contribution in [0.3, 0.4) is 0 Å². The van der Waals surface area contributed by atoms with Gasteiger partial charge in [0.15, 0.2) is 5.78 Å². The molecular formula is C12H15ClO. The molecular weight excluding hydrogens is 196 g/mol. The van der Waals surface area contributed by atoms with Crippen LogP contribution in [0.2, 0.25) is 0 Å². The Balaban J connectivity index is 3.02. The number of ketones is 1. The third-order valence-electron chi connectivity index (χ3n) is 2.30. The Kier molecular flexibility index (Phi) is 3.33. The van der Waals surface area contributed by atoms with Gasteiger partial charge in [0.25, 0.3) is 0 Å². The van der Waals surface area contributed by atoms with Gasteiger partial charge in [-0.25, -0.2) is 0 Å². The standard InChI is InChI=1S/C12H15ClO/c1-9(2)11(14)12(3,13)10-7-5-4-6-8-10/h4-9H,1-3H3. The van der Waals surface area contributed by atoms with Crippen molar-refractivity contribution in [2.45, 2.75) is 25.6 Å². The van der Waals surface area contributed by atoms with Gasteiger partial charge in [-0.2, -0.15) is 0 Å². The van der Waals surface area contributed by atoms with Gasteiger partial charge in [-0.05, 0) is 12.5 Å². The van der Waals surface area contributed by atoms with Crippen molar-refractivity contribution in [3.05, 3.63) is 35.9 Å². The summed E-state index contributed by atoms with van der Waals surface area (Å²) >= 11 is 6.26. The molecule has 0 spiro atoms. The van der Waals surface area contributed by atoms with Crippen LogP contribution in [0, 0.1) is 5.92 Å². The molecule has 0 aliphatic carbocycles. The van der Waals surface area contributed by atoms with Gasteiger partial charge in [-0.15, -0.1) is 11.6 Å².